The molecule has 0 spiro atoms. The number of nitrogens with one attached hydrogen (secondary N) is 1. The van der Waals surface area contributed by atoms with Gasteiger partial charge in [-0.2, -0.15) is 0 Å². The van der Waals surface area contributed by atoms with Gasteiger partial charge < -0.3 is 4.98 Å². The number of H-pyrrole nitrogens is 1. The van der Waals surface area contributed by atoms with Gasteiger partial charge in [0.05, 0.1) is 0 Å². The Hall–Kier alpha value is -1.76. The van der Waals surface area contributed by atoms with E-state index < -0.39 is 0 Å². The highest BCUT2D eigenvalue weighted by molar-refractivity contribution is 6.08. The average molecular weight is 251 g/mol. The molecule has 0 aliphatic carbocycles. The number of para-hydroxylation sites is 1. The van der Waals surface area contributed by atoms with E-state index in [1.165, 1.54) is 58.6 Å². The maximum Gasteiger partial charge on any atom is 0.0500 e. The summed E-state index contributed by atoms with van der Waals surface area (Å²) in [5.74, 6) is 0. The Labute approximate surface area is 114 Å². The van der Waals surface area contributed by atoms with E-state index in [-0.39, 0.29) is 0 Å². The zero-order valence-electron chi connectivity index (χ0n) is 11.8. The van der Waals surface area contributed by atoms with Crippen LogP contribution in [0.2, 0.25) is 0 Å². The smallest absolute Gasteiger partial charge is 0.0500 e. The van der Waals surface area contributed by atoms with Gasteiger partial charge in [0.25, 0.3) is 0 Å². The topological polar surface area (TPSA) is 15.8 Å². The summed E-state index contributed by atoms with van der Waals surface area (Å²) in [5, 5.41) is 2.72. The number of rotatable bonds is 4. The molecule has 0 radical (unpaired) electrons. The molecule has 0 unspecified atom stereocenters. The van der Waals surface area contributed by atoms with Crippen LogP contribution >= 0.6 is 0 Å². The van der Waals surface area contributed by atoms with Gasteiger partial charge in [0.15, 0.2) is 0 Å². The van der Waals surface area contributed by atoms with Crippen molar-refractivity contribution in [3.63, 3.8) is 0 Å². The van der Waals surface area contributed by atoms with Crippen molar-refractivity contribution in [3.05, 3.63) is 47.5 Å². The molecule has 0 aliphatic heterocycles. The summed E-state index contributed by atoms with van der Waals surface area (Å²) >= 11 is 0. The van der Waals surface area contributed by atoms with Crippen molar-refractivity contribution in [1.29, 1.82) is 0 Å². The van der Waals surface area contributed by atoms with Crippen molar-refractivity contribution in [2.45, 2.75) is 39.5 Å². The number of benzene rings is 2. The third-order valence-corrected chi connectivity index (χ3v) is 3.91. The molecule has 1 nitrogen and oxygen atoms in total. The lowest BCUT2D eigenvalue weighted by Gasteiger charge is -2.09. The van der Waals surface area contributed by atoms with Crippen LogP contribution in [-0.4, -0.2) is 4.98 Å². The maximum absolute atomic E-state index is 3.63. The maximum atomic E-state index is 3.63. The van der Waals surface area contributed by atoms with Gasteiger partial charge >= 0.3 is 0 Å². The van der Waals surface area contributed by atoms with Crippen LogP contribution < -0.4 is 0 Å². The molecule has 3 aromatic rings. The van der Waals surface area contributed by atoms with Crippen molar-refractivity contribution in [1.82, 2.24) is 4.98 Å². The molecule has 19 heavy (non-hydrogen) atoms. The fourth-order valence-electron chi connectivity index (χ4n) is 3.06. The van der Waals surface area contributed by atoms with E-state index in [2.05, 4.69) is 55.2 Å². The van der Waals surface area contributed by atoms with Crippen LogP contribution in [0.1, 0.15) is 37.8 Å². The largest absolute Gasteiger partial charge is 0.354 e. The standard InChI is InChI=1S/C18H21N/c1-3-7-13-11-12-16-15-9-5-6-10-17(15)19-18(16)14(13)8-4-2/h5-6,9-12,19H,3-4,7-8H2,1-2H3. The molecule has 0 bridgehead atoms. The number of hydrogen-bond acceptors (Lipinski definition) is 0. The number of fused-ring (bicyclic) bond motifs is 3. The summed E-state index contributed by atoms with van der Waals surface area (Å²) < 4.78 is 0. The predicted molar refractivity (Wildman–Crippen MR) is 83.8 cm³/mol. The molecule has 1 heterocycles. The zero-order valence-corrected chi connectivity index (χ0v) is 11.8. The minimum atomic E-state index is 1.17. The molecule has 1 heteroatoms. The fourth-order valence-corrected chi connectivity index (χ4v) is 3.06. The predicted octanol–water partition coefficient (Wildman–Crippen LogP) is 5.23. The molecular formula is C18H21N. The van der Waals surface area contributed by atoms with Crippen LogP contribution in [0.3, 0.4) is 0 Å². The van der Waals surface area contributed by atoms with Crippen LogP contribution in [0, 0.1) is 0 Å². The van der Waals surface area contributed by atoms with E-state index in [0.29, 0.717) is 0 Å². The van der Waals surface area contributed by atoms with E-state index in [4.69, 9.17) is 0 Å². The second kappa shape index (κ2) is 5.08. The van der Waals surface area contributed by atoms with Crippen molar-refractivity contribution in [2.75, 3.05) is 0 Å². The number of aromatic nitrogens is 1. The van der Waals surface area contributed by atoms with E-state index in [1.54, 1.807) is 0 Å². The Morgan fingerprint density at radius 1 is 0.842 bits per heavy atom. The number of hydrogen-bond donors (Lipinski definition) is 1. The average Bonchev–Trinajstić information content (AvgIpc) is 2.81. The molecule has 1 aromatic heterocycles. The molecule has 0 aliphatic rings. The monoisotopic (exact) mass is 251 g/mol. The van der Waals surface area contributed by atoms with E-state index >= 15 is 0 Å². The quantitative estimate of drug-likeness (QED) is 0.653. The van der Waals surface area contributed by atoms with Crippen molar-refractivity contribution in [2.24, 2.45) is 0 Å². The Balaban J connectivity index is 2.31. The van der Waals surface area contributed by atoms with E-state index in [0.717, 1.165) is 0 Å². The molecule has 1 N–H and O–H groups in total. The molecule has 0 saturated carbocycles. The second-order valence-corrected chi connectivity index (χ2v) is 5.30. The van der Waals surface area contributed by atoms with Gasteiger partial charge in [-0.05, 0) is 30.0 Å². The van der Waals surface area contributed by atoms with Gasteiger partial charge in [0.2, 0.25) is 0 Å². The Morgan fingerprint density at radius 2 is 1.63 bits per heavy atom. The summed E-state index contributed by atoms with van der Waals surface area (Å²) in [6, 6.07) is 13.2. The minimum absolute atomic E-state index is 1.17. The molecule has 0 saturated heterocycles. The van der Waals surface area contributed by atoms with Crippen molar-refractivity contribution >= 4 is 21.8 Å². The first-order valence-electron chi connectivity index (χ1n) is 7.36. The fraction of sp³-hybridized carbons (Fsp3) is 0.333. The lowest BCUT2D eigenvalue weighted by atomic mass is 9.96. The van der Waals surface area contributed by atoms with Gasteiger partial charge in [-0.15, -0.1) is 0 Å². The molecule has 2 aromatic carbocycles. The number of aromatic amines is 1. The summed E-state index contributed by atoms with van der Waals surface area (Å²) in [6.07, 6.45) is 4.76. The van der Waals surface area contributed by atoms with Crippen LogP contribution in [0.25, 0.3) is 21.8 Å². The first-order chi connectivity index (χ1) is 9.35. The van der Waals surface area contributed by atoms with E-state index in [9.17, 15) is 0 Å². The molecule has 0 amide bonds. The van der Waals surface area contributed by atoms with Crippen molar-refractivity contribution in [3.8, 4) is 0 Å². The molecule has 98 valence electrons. The van der Waals surface area contributed by atoms with Crippen LogP contribution in [0.5, 0.6) is 0 Å². The second-order valence-electron chi connectivity index (χ2n) is 5.30. The van der Waals surface area contributed by atoms with Gasteiger partial charge in [-0.1, -0.05) is 57.0 Å². The first kappa shape index (κ1) is 12.3. The zero-order chi connectivity index (χ0) is 13.2. The normalized spacial score (nSPS) is 11.5. The third kappa shape index (κ3) is 2.03. The summed E-state index contributed by atoms with van der Waals surface area (Å²) in [4.78, 5) is 3.63. The van der Waals surface area contributed by atoms with Crippen molar-refractivity contribution < 1.29 is 0 Å². The summed E-state index contributed by atoms with van der Waals surface area (Å²) in [5.41, 5.74) is 5.65. The summed E-state index contributed by atoms with van der Waals surface area (Å²) in [6.45, 7) is 4.52. The van der Waals surface area contributed by atoms with Gasteiger partial charge in [-0.25, -0.2) is 0 Å². The number of aryl methyl sites for hydroxylation is 2. The van der Waals surface area contributed by atoms with Crippen LogP contribution in [0.4, 0.5) is 0 Å². The minimum Gasteiger partial charge on any atom is -0.354 e. The lowest BCUT2D eigenvalue weighted by Crippen LogP contribution is -1.95. The van der Waals surface area contributed by atoms with Crippen LogP contribution in [-0.2, 0) is 12.8 Å². The molecule has 3 rings (SSSR count). The van der Waals surface area contributed by atoms with E-state index in [1.807, 2.05) is 0 Å². The third-order valence-electron chi connectivity index (χ3n) is 3.91. The van der Waals surface area contributed by atoms with Gasteiger partial charge in [-0.3, -0.25) is 0 Å². The highest BCUT2D eigenvalue weighted by Crippen LogP contribution is 2.30. The van der Waals surface area contributed by atoms with Gasteiger partial charge in [0, 0.05) is 21.8 Å². The highest BCUT2D eigenvalue weighted by atomic mass is 14.7. The molecule has 0 fully saturated rings. The Kier molecular flexibility index (Phi) is 3.29. The van der Waals surface area contributed by atoms with Gasteiger partial charge in [0.1, 0.15) is 0 Å². The Morgan fingerprint density at radius 3 is 2.42 bits per heavy atom. The Bertz CT molecular complexity index is 706. The molecule has 0 atom stereocenters. The highest BCUT2D eigenvalue weighted by Gasteiger charge is 2.11. The summed E-state index contributed by atoms with van der Waals surface area (Å²) in [7, 11) is 0. The van der Waals surface area contributed by atoms with Crippen LogP contribution in [0.15, 0.2) is 36.4 Å². The SMILES string of the molecule is CCCc1ccc2c([nH]c3ccccc32)c1CCC. The first-order valence-corrected chi connectivity index (χ1v) is 7.36. The lowest BCUT2D eigenvalue weighted by molar-refractivity contribution is 0.866. The molecular weight excluding hydrogens is 230 g/mol.